The fraction of sp³-hybridized carbons (Fsp3) is 0. The number of nitrogens with zero attached hydrogens (tertiary/aromatic N) is 2. The second-order valence-electron chi connectivity index (χ2n) is 5.91. The van der Waals surface area contributed by atoms with Crippen LogP contribution in [0, 0.1) is 10.1 Å². The number of nitrogens with one attached hydrogen (secondary N) is 1. The largest absolute Gasteiger partial charge is 0.436 e. The van der Waals surface area contributed by atoms with E-state index in [4.69, 9.17) is 4.42 Å². The SMILES string of the molecule is O=C(Nc1ccc2oc(-c3ccccc3Br)nc2c1)c1ccccc1[N+](=O)[O-]. The number of fused-ring (bicyclic) bond motifs is 1. The Morgan fingerprint density at radius 3 is 2.61 bits per heavy atom. The third kappa shape index (κ3) is 3.37. The standard InChI is InChI=1S/C20H12BrN3O4/c21-15-7-3-1-5-13(15)20-23-16-11-12(9-10-18(16)28-20)22-19(25)14-6-2-4-8-17(14)24(26)27/h1-11H,(H,22,25). The van der Waals surface area contributed by atoms with E-state index < -0.39 is 10.8 Å². The lowest BCUT2D eigenvalue weighted by Gasteiger charge is -2.05. The van der Waals surface area contributed by atoms with E-state index in [-0.39, 0.29) is 11.3 Å². The maximum absolute atomic E-state index is 12.5. The summed E-state index contributed by atoms with van der Waals surface area (Å²) in [5, 5.41) is 13.8. The molecule has 0 saturated heterocycles. The van der Waals surface area contributed by atoms with E-state index in [0.29, 0.717) is 22.7 Å². The zero-order valence-corrected chi connectivity index (χ0v) is 15.8. The molecule has 1 heterocycles. The van der Waals surface area contributed by atoms with Crippen molar-refractivity contribution in [3.63, 3.8) is 0 Å². The second kappa shape index (κ2) is 7.24. The van der Waals surface area contributed by atoms with Gasteiger partial charge in [-0.3, -0.25) is 14.9 Å². The molecule has 0 aliphatic heterocycles. The highest BCUT2D eigenvalue weighted by Gasteiger charge is 2.19. The number of carbonyl (C=O) groups is 1. The smallest absolute Gasteiger partial charge is 0.282 e. The number of hydrogen-bond donors (Lipinski definition) is 1. The third-order valence-corrected chi connectivity index (χ3v) is 4.79. The van der Waals surface area contributed by atoms with E-state index in [2.05, 4.69) is 26.2 Å². The third-order valence-electron chi connectivity index (χ3n) is 4.10. The number of carbonyl (C=O) groups excluding carboxylic acids is 1. The lowest BCUT2D eigenvalue weighted by Crippen LogP contribution is -2.13. The van der Waals surface area contributed by atoms with Gasteiger partial charge in [0.1, 0.15) is 11.1 Å². The van der Waals surface area contributed by atoms with Crippen molar-refractivity contribution in [3.05, 3.63) is 86.9 Å². The number of hydrogen-bond acceptors (Lipinski definition) is 5. The van der Waals surface area contributed by atoms with Crippen LogP contribution < -0.4 is 5.32 Å². The van der Waals surface area contributed by atoms with E-state index in [1.807, 2.05) is 24.3 Å². The molecule has 0 radical (unpaired) electrons. The molecular formula is C20H12BrN3O4. The lowest BCUT2D eigenvalue weighted by molar-refractivity contribution is -0.385. The van der Waals surface area contributed by atoms with E-state index in [9.17, 15) is 14.9 Å². The summed E-state index contributed by atoms with van der Waals surface area (Å²) in [5.74, 6) is -0.120. The minimum Gasteiger partial charge on any atom is -0.436 e. The first-order valence-corrected chi connectivity index (χ1v) is 9.02. The highest BCUT2D eigenvalue weighted by molar-refractivity contribution is 9.10. The number of benzene rings is 3. The summed E-state index contributed by atoms with van der Waals surface area (Å²) in [6, 6.07) is 18.3. The van der Waals surface area contributed by atoms with Crippen molar-refractivity contribution in [2.45, 2.75) is 0 Å². The van der Waals surface area contributed by atoms with Crippen molar-refractivity contribution in [2.75, 3.05) is 5.32 Å². The van der Waals surface area contributed by atoms with Gasteiger partial charge in [-0.15, -0.1) is 0 Å². The lowest BCUT2D eigenvalue weighted by atomic mass is 10.1. The van der Waals surface area contributed by atoms with E-state index >= 15 is 0 Å². The highest BCUT2D eigenvalue weighted by atomic mass is 79.9. The molecule has 0 bridgehead atoms. The van der Waals surface area contributed by atoms with Crippen LogP contribution in [-0.2, 0) is 0 Å². The van der Waals surface area contributed by atoms with Crippen molar-refractivity contribution in [1.82, 2.24) is 4.98 Å². The Bertz CT molecular complexity index is 1220. The van der Waals surface area contributed by atoms with Crippen LogP contribution in [0.2, 0.25) is 0 Å². The number of halogens is 1. The van der Waals surface area contributed by atoms with Crippen LogP contribution in [0.5, 0.6) is 0 Å². The number of anilines is 1. The molecule has 4 aromatic rings. The topological polar surface area (TPSA) is 98.3 Å². The van der Waals surface area contributed by atoms with Gasteiger partial charge in [0, 0.05) is 16.2 Å². The summed E-state index contributed by atoms with van der Waals surface area (Å²) in [6.45, 7) is 0. The van der Waals surface area contributed by atoms with Gasteiger partial charge in [0.05, 0.1) is 10.5 Å². The molecular weight excluding hydrogens is 426 g/mol. The minimum absolute atomic E-state index is 0.0124. The molecule has 8 heteroatoms. The zero-order valence-electron chi connectivity index (χ0n) is 14.3. The van der Waals surface area contributed by atoms with Crippen LogP contribution in [0.4, 0.5) is 11.4 Å². The van der Waals surface area contributed by atoms with Crippen molar-refractivity contribution in [2.24, 2.45) is 0 Å². The first-order valence-electron chi connectivity index (χ1n) is 8.23. The Balaban J connectivity index is 1.65. The van der Waals surface area contributed by atoms with Crippen molar-refractivity contribution < 1.29 is 14.1 Å². The van der Waals surface area contributed by atoms with Crippen LogP contribution in [0.15, 0.2) is 75.6 Å². The van der Waals surface area contributed by atoms with Gasteiger partial charge in [-0.05, 0) is 52.3 Å². The summed E-state index contributed by atoms with van der Waals surface area (Å²) in [7, 11) is 0. The van der Waals surface area contributed by atoms with Crippen LogP contribution in [-0.4, -0.2) is 15.8 Å². The Hall–Kier alpha value is -3.52. The number of rotatable bonds is 4. The number of para-hydroxylation sites is 1. The van der Waals surface area contributed by atoms with Crippen molar-refractivity contribution in [3.8, 4) is 11.5 Å². The molecule has 3 aromatic carbocycles. The van der Waals surface area contributed by atoms with Crippen molar-refractivity contribution >= 4 is 44.3 Å². The van der Waals surface area contributed by atoms with Gasteiger partial charge in [0.25, 0.3) is 11.6 Å². The summed E-state index contributed by atoms with van der Waals surface area (Å²) in [4.78, 5) is 27.5. The monoisotopic (exact) mass is 437 g/mol. The number of oxazole rings is 1. The summed E-state index contributed by atoms with van der Waals surface area (Å²) in [6.07, 6.45) is 0. The maximum atomic E-state index is 12.5. The van der Waals surface area contributed by atoms with Gasteiger partial charge in [0.15, 0.2) is 5.58 Å². The van der Waals surface area contributed by atoms with Crippen LogP contribution in [0.3, 0.4) is 0 Å². The molecule has 1 N–H and O–H groups in total. The van der Waals surface area contributed by atoms with E-state index in [1.165, 1.54) is 18.2 Å². The summed E-state index contributed by atoms with van der Waals surface area (Å²) in [5.41, 5.74) is 2.13. The van der Waals surface area contributed by atoms with Crippen LogP contribution in [0.25, 0.3) is 22.6 Å². The zero-order chi connectivity index (χ0) is 19.7. The summed E-state index contributed by atoms with van der Waals surface area (Å²) >= 11 is 3.47. The van der Waals surface area contributed by atoms with Crippen LogP contribution >= 0.6 is 15.9 Å². The van der Waals surface area contributed by atoms with Gasteiger partial charge < -0.3 is 9.73 Å². The molecule has 28 heavy (non-hydrogen) atoms. The number of amides is 1. The second-order valence-corrected chi connectivity index (χ2v) is 6.76. The minimum atomic E-state index is -0.584. The van der Waals surface area contributed by atoms with Crippen LogP contribution in [0.1, 0.15) is 10.4 Å². The molecule has 1 amide bonds. The molecule has 1 aromatic heterocycles. The van der Waals surface area contributed by atoms with Gasteiger partial charge >= 0.3 is 0 Å². The fourth-order valence-corrected chi connectivity index (χ4v) is 3.23. The first kappa shape index (κ1) is 17.9. The highest BCUT2D eigenvalue weighted by Crippen LogP contribution is 2.31. The predicted octanol–water partition coefficient (Wildman–Crippen LogP) is 5.42. The average Bonchev–Trinajstić information content (AvgIpc) is 3.11. The van der Waals surface area contributed by atoms with Crippen molar-refractivity contribution in [1.29, 1.82) is 0 Å². The number of aromatic nitrogens is 1. The van der Waals surface area contributed by atoms with Gasteiger partial charge in [0.2, 0.25) is 5.89 Å². The summed E-state index contributed by atoms with van der Waals surface area (Å²) < 4.78 is 6.64. The molecule has 138 valence electrons. The van der Waals surface area contributed by atoms with Gasteiger partial charge in [-0.2, -0.15) is 0 Å². The molecule has 0 saturated carbocycles. The molecule has 7 nitrogen and oxygen atoms in total. The Morgan fingerprint density at radius 2 is 1.82 bits per heavy atom. The normalized spacial score (nSPS) is 10.8. The van der Waals surface area contributed by atoms with Gasteiger partial charge in [-0.25, -0.2) is 4.98 Å². The molecule has 0 aliphatic carbocycles. The molecule has 0 aliphatic rings. The molecule has 0 fully saturated rings. The van der Waals surface area contributed by atoms with E-state index in [1.54, 1.807) is 24.3 Å². The van der Waals surface area contributed by atoms with E-state index in [0.717, 1.165) is 10.0 Å². The Labute approximate surface area is 167 Å². The Morgan fingerprint density at radius 1 is 1.07 bits per heavy atom. The number of nitro benzene ring substituents is 1. The molecule has 0 atom stereocenters. The van der Waals surface area contributed by atoms with Gasteiger partial charge in [-0.1, -0.05) is 24.3 Å². The quantitative estimate of drug-likeness (QED) is 0.339. The fourth-order valence-electron chi connectivity index (χ4n) is 2.78. The Kier molecular flexibility index (Phi) is 4.62. The average molecular weight is 438 g/mol. The maximum Gasteiger partial charge on any atom is 0.282 e. The number of nitro groups is 1. The molecule has 0 unspecified atom stereocenters. The molecule has 4 rings (SSSR count). The first-order chi connectivity index (χ1) is 13.5. The predicted molar refractivity (Wildman–Crippen MR) is 108 cm³/mol. The molecule has 0 spiro atoms.